The van der Waals surface area contributed by atoms with Crippen LogP contribution in [-0.4, -0.2) is 61.9 Å². The Morgan fingerprint density at radius 1 is 1.12 bits per heavy atom. The molecule has 3 heterocycles. The van der Waals surface area contributed by atoms with Gasteiger partial charge in [-0.15, -0.1) is 0 Å². The standard InChI is InChI=1S/C27H38N2O3/c1-18-6-4-7-22(19(18)2)29-12-10-28(11-13-29)16-21-20-14-24-26(3,15-23(20)32-25(21)30)8-5-9-27(24)17-31-27/h4,6-7,20-21,23-24H,5,8-17H2,1-3H3/t20-,21?,23-,24?,26-,27+/m1/s1. The maximum atomic E-state index is 13.0. The summed E-state index contributed by atoms with van der Waals surface area (Å²) in [4.78, 5) is 18.0. The third-order valence-electron chi connectivity index (χ3n) is 9.82. The highest BCUT2D eigenvalue weighted by molar-refractivity contribution is 5.75. The molecular weight excluding hydrogens is 400 g/mol. The molecule has 3 aliphatic heterocycles. The summed E-state index contributed by atoms with van der Waals surface area (Å²) in [5.74, 6) is 1.07. The molecular formula is C27H38N2O3. The first-order valence-electron chi connectivity index (χ1n) is 12.8. The number of carbonyl (C=O) groups is 1. The first kappa shape index (κ1) is 21.0. The molecule has 6 atom stereocenters. The van der Waals surface area contributed by atoms with Crippen molar-refractivity contribution in [1.82, 2.24) is 4.90 Å². The van der Waals surface area contributed by atoms with Crippen LogP contribution in [0.3, 0.4) is 0 Å². The van der Waals surface area contributed by atoms with Crippen molar-refractivity contribution in [2.75, 3.05) is 44.2 Å². The lowest BCUT2D eigenvalue weighted by atomic mass is 9.53. The van der Waals surface area contributed by atoms with Crippen LogP contribution in [0.1, 0.15) is 50.2 Å². The molecule has 0 amide bonds. The molecule has 2 unspecified atom stereocenters. The quantitative estimate of drug-likeness (QED) is 0.528. The molecule has 0 bridgehead atoms. The lowest BCUT2D eigenvalue weighted by Gasteiger charge is -2.51. The van der Waals surface area contributed by atoms with Gasteiger partial charge in [0, 0.05) is 44.3 Å². The minimum atomic E-state index is 0.0366. The van der Waals surface area contributed by atoms with Crippen LogP contribution >= 0.6 is 0 Å². The van der Waals surface area contributed by atoms with Gasteiger partial charge in [-0.25, -0.2) is 0 Å². The van der Waals surface area contributed by atoms with Crippen molar-refractivity contribution in [3.63, 3.8) is 0 Å². The van der Waals surface area contributed by atoms with Crippen LogP contribution in [0.4, 0.5) is 5.69 Å². The minimum absolute atomic E-state index is 0.0366. The summed E-state index contributed by atoms with van der Waals surface area (Å²) >= 11 is 0. The SMILES string of the molecule is Cc1cccc(N2CCN(CC3C(=O)O[C@@H]4C[C@@]5(C)CCC[C@]6(CO6)C5C[C@H]34)CC2)c1C. The number of epoxide rings is 1. The molecule has 6 rings (SSSR count). The summed E-state index contributed by atoms with van der Waals surface area (Å²) in [7, 11) is 0. The minimum Gasteiger partial charge on any atom is -0.462 e. The fourth-order valence-corrected chi connectivity index (χ4v) is 7.69. The first-order valence-corrected chi connectivity index (χ1v) is 12.8. The monoisotopic (exact) mass is 438 g/mol. The summed E-state index contributed by atoms with van der Waals surface area (Å²) in [5.41, 5.74) is 4.52. The third kappa shape index (κ3) is 3.30. The number of anilines is 1. The van der Waals surface area contributed by atoms with E-state index in [-0.39, 0.29) is 29.0 Å². The number of hydrogen-bond acceptors (Lipinski definition) is 5. The van der Waals surface area contributed by atoms with Gasteiger partial charge in [-0.1, -0.05) is 19.1 Å². The van der Waals surface area contributed by atoms with Gasteiger partial charge in [-0.3, -0.25) is 9.69 Å². The molecule has 0 aromatic heterocycles. The smallest absolute Gasteiger partial charge is 0.310 e. The third-order valence-corrected chi connectivity index (χ3v) is 9.82. The van der Waals surface area contributed by atoms with Crippen molar-refractivity contribution in [1.29, 1.82) is 0 Å². The molecule has 2 saturated carbocycles. The number of rotatable bonds is 3. The molecule has 5 aliphatic rings. The predicted molar refractivity (Wildman–Crippen MR) is 125 cm³/mol. The van der Waals surface area contributed by atoms with E-state index in [2.05, 4.69) is 48.8 Å². The zero-order chi connectivity index (χ0) is 22.1. The number of esters is 1. The van der Waals surface area contributed by atoms with Gasteiger partial charge in [-0.2, -0.15) is 0 Å². The number of benzene rings is 1. The Morgan fingerprint density at radius 2 is 1.91 bits per heavy atom. The molecule has 2 aliphatic carbocycles. The second-order valence-electron chi connectivity index (χ2n) is 11.6. The van der Waals surface area contributed by atoms with E-state index < -0.39 is 0 Å². The van der Waals surface area contributed by atoms with Crippen molar-refractivity contribution in [2.24, 2.45) is 23.2 Å². The summed E-state index contributed by atoms with van der Waals surface area (Å²) in [6.07, 6.45) is 6.00. The van der Waals surface area contributed by atoms with Crippen LogP contribution in [-0.2, 0) is 14.3 Å². The van der Waals surface area contributed by atoms with Crippen LogP contribution in [0, 0.1) is 37.0 Å². The molecule has 32 heavy (non-hydrogen) atoms. The van der Waals surface area contributed by atoms with E-state index in [0.717, 1.165) is 52.2 Å². The number of piperazine rings is 1. The molecule has 174 valence electrons. The predicted octanol–water partition coefficient (Wildman–Crippen LogP) is 3.95. The van der Waals surface area contributed by atoms with Crippen molar-refractivity contribution in [2.45, 2.75) is 64.6 Å². The second kappa shape index (κ2) is 7.46. The lowest BCUT2D eigenvalue weighted by molar-refractivity contribution is -0.147. The number of aryl methyl sites for hydroxylation is 1. The molecule has 3 saturated heterocycles. The van der Waals surface area contributed by atoms with Crippen LogP contribution in [0.5, 0.6) is 0 Å². The molecule has 5 fully saturated rings. The van der Waals surface area contributed by atoms with Crippen molar-refractivity contribution < 1.29 is 14.3 Å². The zero-order valence-electron chi connectivity index (χ0n) is 19.9. The van der Waals surface area contributed by atoms with Gasteiger partial charge < -0.3 is 14.4 Å². The Balaban J connectivity index is 1.12. The molecule has 5 heteroatoms. The fraction of sp³-hybridized carbons (Fsp3) is 0.741. The van der Waals surface area contributed by atoms with E-state index in [9.17, 15) is 4.79 Å². The average Bonchev–Trinajstić information content (AvgIpc) is 3.47. The Labute approximate surface area is 192 Å². The number of ether oxygens (including phenoxy) is 2. The highest BCUT2D eigenvalue weighted by Gasteiger charge is 2.65. The Kier molecular flexibility index (Phi) is 4.89. The molecule has 0 radical (unpaired) electrons. The number of carbonyl (C=O) groups excluding carboxylic acids is 1. The summed E-state index contributed by atoms with van der Waals surface area (Å²) in [5, 5.41) is 0. The topological polar surface area (TPSA) is 45.3 Å². The molecule has 1 spiro atoms. The van der Waals surface area contributed by atoms with Gasteiger partial charge >= 0.3 is 5.97 Å². The van der Waals surface area contributed by atoms with E-state index in [0.29, 0.717) is 11.8 Å². The normalized spacial score (nSPS) is 41.3. The second-order valence-corrected chi connectivity index (χ2v) is 11.6. The van der Waals surface area contributed by atoms with Crippen LogP contribution in [0.15, 0.2) is 18.2 Å². The number of fused-ring (bicyclic) bond motifs is 3. The van der Waals surface area contributed by atoms with Gasteiger partial charge in [0.05, 0.1) is 18.1 Å². The van der Waals surface area contributed by atoms with Crippen molar-refractivity contribution in [3.8, 4) is 0 Å². The maximum absolute atomic E-state index is 13.0. The van der Waals surface area contributed by atoms with Crippen LogP contribution in [0.25, 0.3) is 0 Å². The van der Waals surface area contributed by atoms with E-state index >= 15 is 0 Å². The molecule has 1 aromatic carbocycles. The summed E-state index contributed by atoms with van der Waals surface area (Å²) < 4.78 is 12.1. The lowest BCUT2D eigenvalue weighted by Crippen LogP contribution is -2.52. The molecule has 1 aromatic rings. The van der Waals surface area contributed by atoms with Gasteiger partial charge in [0.25, 0.3) is 0 Å². The molecule has 5 nitrogen and oxygen atoms in total. The van der Waals surface area contributed by atoms with E-state index in [1.165, 1.54) is 36.1 Å². The Hall–Kier alpha value is -1.59. The highest BCUT2D eigenvalue weighted by Crippen LogP contribution is 2.62. The Bertz CT molecular complexity index is 904. The van der Waals surface area contributed by atoms with Gasteiger partial charge in [0.1, 0.15) is 6.10 Å². The van der Waals surface area contributed by atoms with E-state index in [4.69, 9.17) is 9.47 Å². The maximum Gasteiger partial charge on any atom is 0.310 e. The first-order chi connectivity index (χ1) is 15.4. The Morgan fingerprint density at radius 3 is 2.66 bits per heavy atom. The van der Waals surface area contributed by atoms with E-state index in [1.54, 1.807) is 0 Å². The number of nitrogens with zero attached hydrogens (tertiary/aromatic N) is 2. The average molecular weight is 439 g/mol. The van der Waals surface area contributed by atoms with Crippen LogP contribution in [0.2, 0.25) is 0 Å². The summed E-state index contributed by atoms with van der Waals surface area (Å²) in [6, 6.07) is 6.60. The van der Waals surface area contributed by atoms with Crippen molar-refractivity contribution >= 4 is 11.7 Å². The van der Waals surface area contributed by atoms with Gasteiger partial charge in [0.2, 0.25) is 0 Å². The largest absolute Gasteiger partial charge is 0.462 e. The fourth-order valence-electron chi connectivity index (χ4n) is 7.69. The van der Waals surface area contributed by atoms with Gasteiger partial charge in [0.15, 0.2) is 0 Å². The van der Waals surface area contributed by atoms with Crippen molar-refractivity contribution in [3.05, 3.63) is 29.3 Å². The number of hydrogen-bond donors (Lipinski definition) is 0. The molecule has 0 N–H and O–H groups in total. The zero-order valence-corrected chi connectivity index (χ0v) is 19.9. The van der Waals surface area contributed by atoms with E-state index in [1.807, 2.05) is 0 Å². The summed E-state index contributed by atoms with van der Waals surface area (Å²) in [6.45, 7) is 12.7. The highest BCUT2D eigenvalue weighted by atomic mass is 16.6. The van der Waals surface area contributed by atoms with Gasteiger partial charge in [-0.05, 0) is 74.5 Å². The van der Waals surface area contributed by atoms with Crippen LogP contribution < -0.4 is 4.90 Å².